The first-order chi connectivity index (χ1) is 9.63. The lowest BCUT2D eigenvalue weighted by Crippen LogP contribution is -2.28. The molecule has 2 N–H and O–H groups in total. The van der Waals surface area contributed by atoms with Gasteiger partial charge in [-0.15, -0.1) is 5.10 Å². The van der Waals surface area contributed by atoms with Gasteiger partial charge >= 0.3 is 5.97 Å². The van der Waals surface area contributed by atoms with Gasteiger partial charge < -0.3 is 14.8 Å². The minimum Gasteiger partial charge on any atom is -0.476 e. The van der Waals surface area contributed by atoms with E-state index in [1.54, 1.807) is 12.1 Å². The molecule has 0 fully saturated rings. The second-order valence-electron chi connectivity index (χ2n) is 4.08. The lowest BCUT2D eigenvalue weighted by Gasteiger charge is -2.05. The highest BCUT2D eigenvalue weighted by Crippen LogP contribution is 2.22. The number of carboxylic acids is 1. The molecule has 2 aromatic rings. The Morgan fingerprint density at radius 3 is 2.90 bits per heavy atom. The van der Waals surface area contributed by atoms with Crippen molar-refractivity contribution in [2.45, 2.75) is 19.9 Å². The van der Waals surface area contributed by atoms with E-state index in [1.807, 2.05) is 6.92 Å². The normalized spacial score (nSPS) is 10.4. The van der Waals surface area contributed by atoms with Gasteiger partial charge in [0.05, 0.1) is 6.26 Å². The van der Waals surface area contributed by atoms with Crippen LogP contribution in [-0.2, 0) is 11.3 Å². The summed E-state index contributed by atoms with van der Waals surface area (Å²) in [5.41, 5.74) is -0.0719. The fourth-order valence-corrected chi connectivity index (χ4v) is 1.68. The van der Waals surface area contributed by atoms with E-state index >= 15 is 0 Å². The smallest absolute Gasteiger partial charge is 0.358 e. The van der Waals surface area contributed by atoms with Gasteiger partial charge in [-0.3, -0.25) is 4.79 Å². The molecule has 1 amide bonds. The van der Waals surface area contributed by atoms with Gasteiger partial charge in [-0.2, -0.15) is 0 Å². The second-order valence-corrected chi connectivity index (χ2v) is 4.08. The van der Waals surface area contributed by atoms with E-state index in [2.05, 4.69) is 15.6 Å². The average molecular weight is 278 g/mol. The zero-order chi connectivity index (χ0) is 14.5. The van der Waals surface area contributed by atoms with Gasteiger partial charge in [0.15, 0.2) is 5.76 Å². The molecule has 0 unspecified atom stereocenters. The molecule has 0 aliphatic carbocycles. The molecule has 0 aliphatic rings. The third-order valence-corrected chi connectivity index (χ3v) is 2.56. The van der Waals surface area contributed by atoms with Crippen LogP contribution in [0.25, 0.3) is 11.5 Å². The molecule has 0 radical (unpaired) electrons. The maximum absolute atomic E-state index is 11.7. The summed E-state index contributed by atoms with van der Waals surface area (Å²) in [5.74, 6) is -1.19. The van der Waals surface area contributed by atoms with E-state index in [0.717, 1.165) is 6.42 Å². The summed E-state index contributed by atoms with van der Waals surface area (Å²) in [4.78, 5) is 22.8. The first-order valence-corrected chi connectivity index (χ1v) is 6.10. The number of carboxylic acid groups (broad SMARTS) is 1. The summed E-state index contributed by atoms with van der Waals surface area (Å²) in [7, 11) is 0. The summed E-state index contributed by atoms with van der Waals surface area (Å²) in [6.45, 7) is 2.37. The molecular weight excluding hydrogens is 264 g/mol. The molecule has 0 aromatic carbocycles. The fourth-order valence-electron chi connectivity index (χ4n) is 1.68. The Kier molecular flexibility index (Phi) is 4.14. The quantitative estimate of drug-likeness (QED) is 0.807. The van der Waals surface area contributed by atoms with Crippen molar-refractivity contribution >= 4 is 11.9 Å². The van der Waals surface area contributed by atoms with Crippen LogP contribution in [0.15, 0.2) is 22.8 Å². The Morgan fingerprint density at radius 1 is 1.50 bits per heavy atom. The Morgan fingerprint density at radius 2 is 2.30 bits per heavy atom. The Hall–Kier alpha value is -2.64. The van der Waals surface area contributed by atoms with E-state index in [9.17, 15) is 9.59 Å². The molecule has 8 heteroatoms. The topological polar surface area (TPSA) is 110 Å². The first kappa shape index (κ1) is 13.8. The van der Waals surface area contributed by atoms with E-state index in [-0.39, 0.29) is 23.8 Å². The van der Waals surface area contributed by atoms with Gasteiger partial charge in [0.1, 0.15) is 12.2 Å². The molecule has 0 aliphatic heterocycles. The van der Waals surface area contributed by atoms with Crippen LogP contribution in [0.4, 0.5) is 0 Å². The van der Waals surface area contributed by atoms with Crippen LogP contribution in [0.5, 0.6) is 0 Å². The van der Waals surface area contributed by atoms with Crippen molar-refractivity contribution in [2.75, 3.05) is 6.54 Å². The van der Waals surface area contributed by atoms with Crippen LogP contribution in [0.2, 0.25) is 0 Å². The van der Waals surface area contributed by atoms with E-state index < -0.39 is 5.97 Å². The molecule has 0 saturated heterocycles. The van der Waals surface area contributed by atoms with Gasteiger partial charge in [0, 0.05) is 6.54 Å². The number of nitrogens with one attached hydrogen (secondary N) is 1. The molecule has 2 aromatic heterocycles. The molecule has 106 valence electrons. The maximum atomic E-state index is 11.7. The summed E-state index contributed by atoms with van der Waals surface area (Å²) in [6, 6.07) is 3.21. The highest BCUT2D eigenvalue weighted by Gasteiger charge is 2.23. The van der Waals surface area contributed by atoms with E-state index in [4.69, 9.17) is 9.52 Å². The number of aromatic nitrogens is 3. The summed E-state index contributed by atoms with van der Waals surface area (Å²) < 4.78 is 6.39. The summed E-state index contributed by atoms with van der Waals surface area (Å²) >= 11 is 0. The van der Waals surface area contributed by atoms with Crippen molar-refractivity contribution < 1.29 is 19.1 Å². The van der Waals surface area contributed by atoms with Gasteiger partial charge in [-0.25, -0.2) is 9.48 Å². The number of carbonyl (C=O) groups excluding carboxylic acids is 1. The summed E-state index contributed by atoms with van der Waals surface area (Å²) in [6.07, 6.45) is 2.23. The summed E-state index contributed by atoms with van der Waals surface area (Å²) in [5, 5.41) is 19.1. The molecule has 20 heavy (non-hydrogen) atoms. The number of aromatic carboxylic acids is 1. The molecule has 0 bridgehead atoms. The van der Waals surface area contributed by atoms with Gasteiger partial charge in [0.25, 0.3) is 0 Å². The lowest BCUT2D eigenvalue weighted by molar-refractivity contribution is -0.121. The fraction of sp³-hybridized carbons (Fsp3) is 0.333. The van der Waals surface area contributed by atoms with Crippen molar-refractivity contribution in [3.8, 4) is 11.5 Å². The number of rotatable bonds is 6. The molecule has 0 atom stereocenters. The van der Waals surface area contributed by atoms with E-state index in [0.29, 0.717) is 12.3 Å². The number of amides is 1. The third kappa shape index (κ3) is 2.85. The molecule has 0 spiro atoms. The highest BCUT2D eigenvalue weighted by atomic mass is 16.4. The standard InChI is InChI=1S/C12H14N4O4/c1-2-5-13-9(17)7-16-11(8-4-3-6-20-8)10(12(18)19)14-15-16/h3-4,6H,2,5,7H2,1H3,(H,13,17)(H,18,19). The first-order valence-electron chi connectivity index (χ1n) is 6.10. The molecule has 8 nitrogen and oxygen atoms in total. The van der Waals surface area contributed by atoms with Gasteiger partial charge in [-0.05, 0) is 18.6 Å². The van der Waals surface area contributed by atoms with Crippen molar-refractivity contribution in [1.82, 2.24) is 20.3 Å². The number of hydrogen-bond acceptors (Lipinski definition) is 5. The minimum atomic E-state index is -1.23. The van der Waals surface area contributed by atoms with Crippen molar-refractivity contribution in [3.05, 3.63) is 24.1 Å². The largest absolute Gasteiger partial charge is 0.476 e. The van der Waals surface area contributed by atoms with Crippen LogP contribution < -0.4 is 5.32 Å². The van der Waals surface area contributed by atoms with Crippen LogP contribution in [0.3, 0.4) is 0 Å². The van der Waals surface area contributed by atoms with Crippen LogP contribution in [0, 0.1) is 0 Å². The Bertz CT molecular complexity index is 603. The lowest BCUT2D eigenvalue weighted by atomic mass is 10.2. The monoisotopic (exact) mass is 278 g/mol. The van der Waals surface area contributed by atoms with Crippen molar-refractivity contribution in [1.29, 1.82) is 0 Å². The van der Waals surface area contributed by atoms with Gasteiger partial charge in [0.2, 0.25) is 11.6 Å². The maximum Gasteiger partial charge on any atom is 0.358 e. The van der Waals surface area contributed by atoms with E-state index in [1.165, 1.54) is 10.9 Å². The number of furan rings is 1. The zero-order valence-corrected chi connectivity index (χ0v) is 10.9. The molecule has 2 heterocycles. The second kappa shape index (κ2) is 6.00. The molecule has 2 rings (SSSR count). The number of nitrogens with zero attached hydrogens (tertiary/aromatic N) is 3. The predicted octanol–water partition coefficient (Wildman–Crippen LogP) is 0.762. The van der Waals surface area contributed by atoms with Crippen LogP contribution >= 0.6 is 0 Å². The van der Waals surface area contributed by atoms with Crippen molar-refractivity contribution in [3.63, 3.8) is 0 Å². The SMILES string of the molecule is CCCNC(=O)Cn1nnc(C(=O)O)c1-c1ccco1. The van der Waals surface area contributed by atoms with Crippen LogP contribution in [0.1, 0.15) is 23.8 Å². The Labute approximate surface area is 114 Å². The predicted molar refractivity (Wildman–Crippen MR) is 68.0 cm³/mol. The Balaban J connectivity index is 2.30. The third-order valence-electron chi connectivity index (χ3n) is 2.56. The number of carbonyl (C=O) groups is 2. The minimum absolute atomic E-state index is 0.115. The number of hydrogen-bond donors (Lipinski definition) is 2. The molecule has 0 saturated carbocycles. The van der Waals surface area contributed by atoms with Gasteiger partial charge in [-0.1, -0.05) is 12.1 Å². The zero-order valence-electron chi connectivity index (χ0n) is 10.9. The molecular formula is C12H14N4O4. The van der Waals surface area contributed by atoms with Crippen LogP contribution in [-0.4, -0.2) is 38.5 Å². The highest BCUT2D eigenvalue weighted by molar-refractivity contribution is 5.92. The average Bonchev–Trinajstić information content (AvgIpc) is 3.04. The van der Waals surface area contributed by atoms with Crippen molar-refractivity contribution in [2.24, 2.45) is 0 Å².